The van der Waals surface area contributed by atoms with Crippen LogP contribution in [0.25, 0.3) is 0 Å². The van der Waals surface area contributed by atoms with Gasteiger partial charge in [0.25, 0.3) is 0 Å². The number of pyridine rings is 1. The van der Waals surface area contributed by atoms with Crippen molar-refractivity contribution >= 4 is 17.7 Å². The van der Waals surface area contributed by atoms with Gasteiger partial charge in [0.2, 0.25) is 5.88 Å². The van der Waals surface area contributed by atoms with Crippen LogP contribution in [-0.2, 0) is 11.2 Å². The monoisotopic (exact) mass is 369 g/mol. The standard InChI is InChI=1S/C20H23N3O4/c1-3-16-17(9-10-18(21-16)27-2)22-20(26)23-11-14(15(12-23)19(24)25)13-7-5-4-6-8-13/h4-10,14-15H,3,11-12H2,1-2H3,(H,22,26)(H,24,25)/t14-,15+/m1/s1. The molecule has 2 heterocycles. The summed E-state index contributed by atoms with van der Waals surface area (Å²) in [5.74, 6) is -1.26. The summed E-state index contributed by atoms with van der Waals surface area (Å²) in [7, 11) is 1.54. The van der Waals surface area contributed by atoms with Gasteiger partial charge in [-0.15, -0.1) is 0 Å². The zero-order chi connectivity index (χ0) is 19.4. The van der Waals surface area contributed by atoms with Gasteiger partial charge in [0.15, 0.2) is 0 Å². The summed E-state index contributed by atoms with van der Waals surface area (Å²) in [5, 5.41) is 12.5. The van der Waals surface area contributed by atoms with Crippen LogP contribution in [0, 0.1) is 5.92 Å². The van der Waals surface area contributed by atoms with E-state index in [9.17, 15) is 14.7 Å². The molecule has 1 aliphatic heterocycles. The van der Waals surface area contributed by atoms with Crippen LogP contribution in [0.4, 0.5) is 10.5 Å². The lowest BCUT2D eigenvalue weighted by molar-refractivity contribution is -0.141. The molecule has 0 spiro atoms. The zero-order valence-corrected chi connectivity index (χ0v) is 15.4. The molecule has 1 aromatic heterocycles. The Morgan fingerprint density at radius 2 is 1.96 bits per heavy atom. The summed E-state index contributed by atoms with van der Waals surface area (Å²) in [6, 6.07) is 12.6. The lowest BCUT2D eigenvalue weighted by Crippen LogP contribution is -2.34. The molecule has 1 saturated heterocycles. The Kier molecular flexibility index (Phi) is 5.59. The fourth-order valence-electron chi connectivity index (χ4n) is 3.43. The van der Waals surface area contributed by atoms with Crippen molar-refractivity contribution in [2.24, 2.45) is 5.92 Å². The maximum atomic E-state index is 12.7. The van der Waals surface area contributed by atoms with Crippen molar-refractivity contribution < 1.29 is 19.4 Å². The highest BCUT2D eigenvalue weighted by molar-refractivity contribution is 5.91. The number of hydrogen-bond donors (Lipinski definition) is 2. The van der Waals surface area contributed by atoms with Gasteiger partial charge in [-0.1, -0.05) is 37.3 Å². The lowest BCUT2D eigenvalue weighted by Gasteiger charge is -2.18. The number of ether oxygens (including phenoxy) is 1. The van der Waals surface area contributed by atoms with Gasteiger partial charge in [-0.25, -0.2) is 9.78 Å². The van der Waals surface area contributed by atoms with E-state index in [0.717, 1.165) is 11.3 Å². The van der Waals surface area contributed by atoms with Gasteiger partial charge >= 0.3 is 12.0 Å². The Bertz CT molecular complexity index is 825. The third kappa shape index (κ3) is 4.02. The number of nitrogens with one attached hydrogen (secondary N) is 1. The largest absolute Gasteiger partial charge is 0.481 e. The molecule has 0 radical (unpaired) electrons. The number of anilines is 1. The van der Waals surface area contributed by atoms with Crippen molar-refractivity contribution in [2.45, 2.75) is 19.3 Å². The van der Waals surface area contributed by atoms with Crippen molar-refractivity contribution in [3.63, 3.8) is 0 Å². The van der Waals surface area contributed by atoms with E-state index in [0.29, 0.717) is 24.5 Å². The molecule has 1 aromatic carbocycles. The van der Waals surface area contributed by atoms with E-state index < -0.39 is 11.9 Å². The highest BCUT2D eigenvalue weighted by Crippen LogP contribution is 2.33. The van der Waals surface area contributed by atoms with Crippen LogP contribution < -0.4 is 10.1 Å². The quantitative estimate of drug-likeness (QED) is 0.845. The number of carbonyl (C=O) groups excluding carboxylic acids is 1. The molecule has 7 heteroatoms. The van der Waals surface area contributed by atoms with E-state index >= 15 is 0 Å². The minimum atomic E-state index is -0.889. The number of aryl methyl sites for hydroxylation is 1. The molecule has 0 aliphatic carbocycles. The lowest BCUT2D eigenvalue weighted by atomic mass is 9.89. The fourth-order valence-corrected chi connectivity index (χ4v) is 3.43. The van der Waals surface area contributed by atoms with E-state index in [-0.39, 0.29) is 18.5 Å². The highest BCUT2D eigenvalue weighted by Gasteiger charge is 2.40. The van der Waals surface area contributed by atoms with Crippen LogP contribution in [0.1, 0.15) is 24.1 Å². The van der Waals surface area contributed by atoms with Gasteiger partial charge in [-0.05, 0) is 18.1 Å². The number of likely N-dealkylation sites (tertiary alicyclic amines) is 1. The Hall–Kier alpha value is -3.09. The van der Waals surface area contributed by atoms with Gasteiger partial charge in [0, 0.05) is 25.1 Å². The third-order valence-electron chi connectivity index (χ3n) is 4.89. The molecule has 1 fully saturated rings. The average Bonchev–Trinajstić information content (AvgIpc) is 3.15. The molecule has 27 heavy (non-hydrogen) atoms. The summed E-state index contributed by atoms with van der Waals surface area (Å²) in [6.07, 6.45) is 0.636. The maximum absolute atomic E-state index is 12.7. The Morgan fingerprint density at radius 1 is 1.22 bits per heavy atom. The van der Waals surface area contributed by atoms with E-state index in [2.05, 4.69) is 10.3 Å². The van der Waals surface area contributed by atoms with Gasteiger partial charge < -0.3 is 20.1 Å². The molecule has 1 aliphatic rings. The Morgan fingerprint density at radius 3 is 2.59 bits per heavy atom. The number of hydrogen-bond acceptors (Lipinski definition) is 4. The number of rotatable bonds is 5. The van der Waals surface area contributed by atoms with Crippen LogP contribution in [0.5, 0.6) is 5.88 Å². The molecule has 0 unspecified atom stereocenters. The van der Waals surface area contributed by atoms with E-state index in [1.54, 1.807) is 24.1 Å². The molecule has 2 aromatic rings. The first-order valence-electron chi connectivity index (χ1n) is 8.91. The molecule has 0 bridgehead atoms. The number of benzene rings is 1. The molecule has 142 valence electrons. The predicted molar refractivity (Wildman–Crippen MR) is 101 cm³/mol. The number of aliphatic carboxylic acids is 1. The van der Waals surface area contributed by atoms with Crippen LogP contribution >= 0.6 is 0 Å². The van der Waals surface area contributed by atoms with Gasteiger partial charge in [0.05, 0.1) is 24.4 Å². The minimum absolute atomic E-state index is 0.172. The summed E-state index contributed by atoms with van der Waals surface area (Å²) in [6.45, 7) is 2.48. The normalized spacial score (nSPS) is 19.0. The topological polar surface area (TPSA) is 91.8 Å². The first kappa shape index (κ1) is 18.7. The van der Waals surface area contributed by atoms with Crippen LogP contribution in [-0.4, -0.2) is 47.2 Å². The molecule has 3 rings (SSSR count). The molecule has 2 N–H and O–H groups in total. The summed E-state index contributed by atoms with van der Waals surface area (Å²) in [5.41, 5.74) is 2.26. The van der Waals surface area contributed by atoms with Crippen molar-refractivity contribution in [2.75, 3.05) is 25.5 Å². The van der Waals surface area contributed by atoms with E-state index in [1.807, 2.05) is 37.3 Å². The van der Waals surface area contributed by atoms with Crippen LogP contribution in [0.15, 0.2) is 42.5 Å². The van der Waals surface area contributed by atoms with Gasteiger partial charge in [-0.2, -0.15) is 0 Å². The number of nitrogens with zero attached hydrogens (tertiary/aromatic N) is 2. The number of urea groups is 1. The van der Waals surface area contributed by atoms with Gasteiger partial charge in [-0.3, -0.25) is 4.79 Å². The second-order valence-corrected chi connectivity index (χ2v) is 6.50. The molecule has 7 nitrogen and oxygen atoms in total. The Balaban J connectivity index is 1.77. The number of aromatic nitrogens is 1. The number of carbonyl (C=O) groups is 2. The van der Waals surface area contributed by atoms with Crippen molar-refractivity contribution in [1.29, 1.82) is 0 Å². The first-order chi connectivity index (χ1) is 13.0. The number of methoxy groups -OCH3 is 1. The number of carboxylic acids is 1. The minimum Gasteiger partial charge on any atom is -0.481 e. The van der Waals surface area contributed by atoms with E-state index in [4.69, 9.17) is 4.74 Å². The molecule has 0 saturated carbocycles. The SMILES string of the molecule is CCc1nc(OC)ccc1NC(=O)N1C[C@H](C(=O)O)[C@@H](c2ccccc2)C1. The van der Waals surface area contributed by atoms with Crippen molar-refractivity contribution in [3.8, 4) is 5.88 Å². The highest BCUT2D eigenvalue weighted by atomic mass is 16.5. The van der Waals surface area contributed by atoms with Crippen molar-refractivity contribution in [3.05, 3.63) is 53.7 Å². The molecule has 2 amide bonds. The molecular formula is C20H23N3O4. The maximum Gasteiger partial charge on any atom is 0.321 e. The predicted octanol–water partition coefficient (Wildman–Crippen LogP) is 2.98. The summed E-state index contributed by atoms with van der Waals surface area (Å²) >= 11 is 0. The molecule has 2 atom stereocenters. The number of amides is 2. The average molecular weight is 369 g/mol. The third-order valence-corrected chi connectivity index (χ3v) is 4.89. The smallest absolute Gasteiger partial charge is 0.321 e. The van der Waals surface area contributed by atoms with E-state index in [1.165, 1.54) is 0 Å². The second-order valence-electron chi connectivity index (χ2n) is 6.50. The van der Waals surface area contributed by atoms with Crippen molar-refractivity contribution in [1.82, 2.24) is 9.88 Å². The first-order valence-corrected chi connectivity index (χ1v) is 8.91. The van der Waals surface area contributed by atoms with Crippen LogP contribution in [0.3, 0.4) is 0 Å². The van der Waals surface area contributed by atoms with Gasteiger partial charge in [0.1, 0.15) is 0 Å². The summed E-state index contributed by atoms with van der Waals surface area (Å²) in [4.78, 5) is 30.3. The second kappa shape index (κ2) is 8.07. The number of carboxylic acid groups (broad SMARTS) is 1. The van der Waals surface area contributed by atoms with Crippen LogP contribution in [0.2, 0.25) is 0 Å². The fraction of sp³-hybridized carbons (Fsp3) is 0.350. The zero-order valence-electron chi connectivity index (χ0n) is 15.4. The summed E-state index contributed by atoms with van der Waals surface area (Å²) < 4.78 is 5.12. The Labute approximate surface area is 158 Å². The molecular weight excluding hydrogens is 346 g/mol.